The fourth-order valence-corrected chi connectivity index (χ4v) is 2.97. The number of nitrogens with zero attached hydrogens (tertiary/aromatic N) is 1. The zero-order valence-electron chi connectivity index (χ0n) is 12.6. The molecule has 1 aromatic rings. The van der Waals surface area contributed by atoms with Crippen molar-refractivity contribution in [1.29, 1.82) is 0 Å². The molecule has 124 valence electrons. The number of benzene rings is 1. The van der Waals surface area contributed by atoms with E-state index in [4.69, 9.17) is 14.2 Å². The third-order valence-corrected chi connectivity index (χ3v) is 4.20. The monoisotopic (exact) mass is 321 g/mol. The summed E-state index contributed by atoms with van der Waals surface area (Å²) in [5.74, 6) is -3.06. The molecule has 3 rings (SSSR count). The highest BCUT2D eigenvalue weighted by Crippen LogP contribution is 2.36. The van der Waals surface area contributed by atoms with E-state index in [0.29, 0.717) is 26.2 Å². The highest BCUT2D eigenvalue weighted by molar-refractivity contribution is 5.74. The summed E-state index contributed by atoms with van der Waals surface area (Å²) in [6.45, 7) is 1.27. The van der Waals surface area contributed by atoms with E-state index in [2.05, 4.69) is 0 Å². The van der Waals surface area contributed by atoms with Crippen LogP contribution in [-0.2, 0) is 25.6 Å². The smallest absolute Gasteiger partial charge is 0.410 e. The van der Waals surface area contributed by atoms with Crippen LogP contribution in [0.2, 0.25) is 0 Å². The van der Waals surface area contributed by atoms with Crippen molar-refractivity contribution in [2.45, 2.75) is 18.8 Å². The van der Waals surface area contributed by atoms with Gasteiger partial charge >= 0.3 is 12.1 Å². The van der Waals surface area contributed by atoms with E-state index in [1.807, 2.05) is 30.3 Å². The minimum absolute atomic E-state index is 0.0168. The number of likely N-dealkylation sites (tertiary alicyclic amines) is 1. The molecular formula is C16H19NO6. The predicted molar refractivity (Wildman–Crippen MR) is 78.6 cm³/mol. The van der Waals surface area contributed by atoms with Crippen LogP contribution in [0.5, 0.6) is 0 Å². The molecule has 1 atom stereocenters. The van der Waals surface area contributed by atoms with Gasteiger partial charge in [-0.3, -0.25) is 4.79 Å². The highest BCUT2D eigenvalue weighted by Gasteiger charge is 2.52. The Morgan fingerprint density at radius 3 is 2.61 bits per heavy atom. The molecule has 1 spiro atoms. The molecule has 0 unspecified atom stereocenters. The van der Waals surface area contributed by atoms with Gasteiger partial charge in [0, 0.05) is 19.5 Å². The lowest BCUT2D eigenvalue weighted by atomic mass is 9.91. The number of carboxylic acid groups (broad SMARTS) is 1. The molecule has 1 aromatic carbocycles. The fourth-order valence-electron chi connectivity index (χ4n) is 2.97. The summed E-state index contributed by atoms with van der Waals surface area (Å²) in [6.07, 6.45) is -0.197. The van der Waals surface area contributed by atoms with Crippen LogP contribution in [0.3, 0.4) is 0 Å². The summed E-state index contributed by atoms with van der Waals surface area (Å²) >= 11 is 0. The first-order valence-electron chi connectivity index (χ1n) is 7.57. The molecule has 1 amide bonds. The van der Waals surface area contributed by atoms with Gasteiger partial charge in [0.1, 0.15) is 12.5 Å². The second-order valence-electron chi connectivity index (χ2n) is 5.64. The van der Waals surface area contributed by atoms with Crippen LogP contribution < -0.4 is 0 Å². The first kappa shape index (κ1) is 15.8. The van der Waals surface area contributed by atoms with Crippen LogP contribution in [0.4, 0.5) is 4.79 Å². The number of hydrogen-bond donors (Lipinski definition) is 1. The number of ether oxygens (including phenoxy) is 3. The number of piperidine rings is 1. The summed E-state index contributed by atoms with van der Waals surface area (Å²) in [7, 11) is 0. The van der Waals surface area contributed by atoms with Crippen molar-refractivity contribution in [1.82, 2.24) is 4.90 Å². The van der Waals surface area contributed by atoms with Crippen LogP contribution in [0.1, 0.15) is 12.0 Å². The van der Waals surface area contributed by atoms with Crippen molar-refractivity contribution in [3.8, 4) is 0 Å². The molecule has 7 nitrogen and oxygen atoms in total. The maximum atomic E-state index is 12.2. The summed E-state index contributed by atoms with van der Waals surface area (Å²) in [5.41, 5.74) is 0.881. The van der Waals surface area contributed by atoms with E-state index in [9.17, 15) is 14.7 Å². The van der Waals surface area contributed by atoms with Crippen molar-refractivity contribution in [3.05, 3.63) is 35.9 Å². The molecule has 2 aliphatic rings. The topological polar surface area (TPSA) is 85.3 Å². The van der Waals surface area contributed by atoms with E-state index >= 15 is 0 Å². The second kappa shape index (κ2) is 6.55. The maximum absolute atomic E-state index is 12.2. The molecule has 2 fully saturated rings. The molecule has 7 heteroatoms. The van der Waals surface area contributed by atoms with Gasteiger partial charge in [0.2, 0.25) is 0 Å². The van der Waals surface area contributed by atoms with Gasteiger partial charge in [0.25, 0.3) is 0 Å². The largest absolute Gasteiger partial charge is 0.481 e. The van der Waals surface area contributed by atoms with Crippen LogP contribution >= 0.6 is 0 Å². The van der Waals surface area contributed by atoms with Gasteiger partial charge < -0.3 is 24.2 Å². The van der Waals surface area contributed by atoms with Crippen LogP contribution in [0, 0.1) is 5.92 Å². The molecule has 0 bridgehead atoms. The third-order valence-electron chi connectivity index (χ3n) is 4.20. The molecule has 0 aromatic heterocycles. The van der Waals surface area contributed by atoms with Crippen LogP contribution in [0.25, 0.3) is 0 Å². The maximum Gasteiger partial charge on any atom is 0.410 e. The SMILES string of the molecule is O=C(O)[C@H]1CN(C(=O)OCc2ccccc2)CCC12OCCO2. The zero-order chi connectivity index (χ0) is 16.3. The van der Waals surface area contributed by atoms with Crippen molar-refractivity contribution < 1.29 is 28.9 Å². The lowest BCUT2D eigenvalue weighted by molar-refractivity contribution is -0.224. The van der Waals surface area contributed by atoms with Gasteiger partial charge in [0.15, 0.2) is 5.79 Å². The first-order chi connectivity index (χ1) is 11.1. The third kappa shape index (κ3) is 3.30. The Balaban J connectivity index is 1.60. The van der Waals surface area contributed by atoms with Gasteiger partial charge in [-0.15, -0.1) is 0 Å². The van der Waals surface area contributed by atoms with Gasteiger partial charge in [0.05, 0.1) is 13.2 Å². The van der Waals surface area contributed by atoms with Crippen molar-refractivity contribution in [2.24, 2.45) is 5.92 Å². The Morgan fingerprint density at radius 2 is 1.96 bits per heavy atom. The fraction of sp³-hybridized carbons (Fsp3) is 0.500. The summed E-state index contributed by atoms with van der Waals surface area (Å²) in [5, 5.41) is 9.43. The van der Waals surface area contributed by atoms with E-state index in [1.165, 1.54) is 4.90 Å². The Kier molecular flexibility index (Phi) is 4.49. The molecular weight excluding hydrogens is 302 g/mol. The molecule has 0 aliphatic carbocycles. The molecule has 0 radical (unpaired) electrons. The molecule has 2 heterocycles. The van der Waals surface area contributed by atoms with Crippen LogP contribution in [-0.4, -0.2) is 54.2 Å². The summed E-state index contributed by atoms with van der Waals surface area (Å²) in [6, 6.07) is 9.33. The predicted octanol–water partition coefficient (Wildman–Crippen LogP) is 1.47. The number of carboxylic acids is 1. The van der Waals surface area contributed by atoms with Gasteiger partial charge in [-0.25, -0.2) is 4.79 Å². The normalized spacial score (nSPS) is 23.0. The van der Waals surface area contributed by atoms with Crippen molar-refractivity contribution in [3.63, 3.8) is 0 Å². The number of carbonyl (C=O) groups excluding carboxylic acids is 1. The van der Waals surface area contributed by atoms with E-state index in [0.717, 1.165) is 5.56 Å². The van der Waals surface area contributed by atoms with Gasteiger partial charge in [-0.05, 0) is 5.56 Å². The first-order valence-corrected chi connectivity index (χ1v) is 7.57. The average Bonchev–Trinajstić information content (AvgIpc) is 3.02. The number of hydrogen-bond acceptors (Lipinski definition) is 5. The van der Waals surface area contributed by atoms with Gasteiger partial charge in [-0.1, -0.05) is 30.3 Å². The minimum Gasteiger partial charge on any atom is -0.481 e. The van der Waals surface area contributed by atoms with Crippen LogP contribution in [0.15, 0.2) is 30.3 Å². The standard InChI is InChI=1S/C16H19NO6/c18-14(19)13-10-17(7-6-16(13)22-8-9-23-16)15(20)21-11-12-4-2-1-3-5-12/h1-5,13H,6-11H2,(H,18,19)/t13-/m1/s1. The van der Waals surface area contributed by atoms with E-state index in [-0.39, 0.29) is 13.2 Å². The Hall–Kier alpha value is -2.12. The Morgan fingerprint density at radius 1 is 1.26 bits per heavy atom. The van der Waals surface area contributed by atoms with Gasteiger partial charge in [-0.2, -0.15) is 0 Å². The number of aliphatic carboxylic acids is 1. The zero-order valence-corrected chi connectivity index (χ0v) is 12.6. The average molecular weight is 321 g/mol. The lowest BCUT2D eigenvalue weighted by Gasteiger charge is -2.41. The second-order valence-corrected chi connectivity index (χ2v) is 5.64. The van der Waals surface area contributed by atoms with E-state index < -0.39 is 23.8 Å². The minimum atomic E-state index is -1.11. The molecule has 0 saturated carbocycles. The van der Waals surface area contributed by atoms with E-state index in [1.54, 1.807) is 0 Å². The van der Waals surface area contributed by atoms with Crippen molar-refractivity contribution >= 4 is 12.1 Å². The number of amides is 1. The lowest BCUT2D eigenvalue weighted by Crippen LogP contribution is -2.56. The molecule has 23 heavy (non-hydrogen) atoms. The molecule has 1 N–H and O–H groups in total. The summed E-state index contributed by atoms with van der Waals surface area (Å²) in [4.78, 5) is 25.1. The number of rotatable bonds is 3. The number of carbonyl (C=O) groups is 2. The quantitative estimate of drug-likeness (QED) is 0.907. The molecule has 2 saturated heterocycles. The Labute approximate surface area is 133 Å². The highest BCUT2D eigenvalue weighted by atomic mass is 16.7. The Bertz CT molecular complexity index is 569. The molecule has 2 aliphatic heterocycles. The van der Waals surface area contributed by atoms with Crippen molar-refractivity contribution in [2.75, 3.05) is 26.3 Å². The summed E-state index contributed by atoms with van der Waals surface area (Å²) < 4.78 is 16.3.